The van der Waals surface area contributed by atoms with E-state index in [4.69, 9.17) is 10.3 Å². The zero-order chi connectivity index (χ0) is 11.7. The van der Waals surface area contributed by atoms with E-state index in [1.54, 1.807) is 23.0 Å². The third-order valence-electron chi connectivity index (χ3n) is 2.21. The van der Waals surface area contributed by atoms with Crippen LogP contribution in [0.25, 0.3) is 10.7 Å². The highest BCUT2D eigenvalue weighted by molar-refractivity contribution is 7.13. The Morgan fingerprint density at radius 2 is 2.29 bits per heavy atom. The lowest BCUT2D eigenvalue weighted by Gasteiger charge is -2.01. The Hall–Kier alpha value is -1.57. The molecule has 0 amide bonds. The van der Waals surface area contributed by atoms with Crippen molar-refractivity contribution in [2.75, 3.05) is 0 Å². The van der Waals surface area contributed by atoms with E-state index in [1.165, 1.54) is 11.3 Å². The summed E-state index contributed by atoms with van der Waals surface area (Å²) < 4.78 is 5.17. The molecule has 0 aliphatic rings. The minimum atomic E-state index is -0.357. The molecule has 3 heterocycles. The second-order valence-electron chi connectivity index (χ2n) is 3.31. The average molecular weight is 264 g/mol. The third-order valence-corrected chi connectivity index (χ3v) is 3.93. The maximum atomic E-state index is 6.03. The lowest BCUT2D eigenvalue weighted by molar-refractivity contribution is 0.368. The molecule has 0 aliphatic heterocycles. The van der Waals surface area contributed by atoms with Gasteiger partial charge in [0.1, 0.15) is 6.04 Å². The molecule has 1 unspecified atom stereocenters. The van der Waals surface area contributed by atoms with Crippen LogP contribution in [0.5, 0.6) is 0 Å². The molecule has 17 heavy (non-hydrogen) atoms. The van der Waals surface area contributed by atoms with E-state index in [1.807, 2.05) is 17.5 Å². The fourth-order valence-electron chi connectivity index (χ4n) is 1.38. The lowest BCUT2D eigenvalue weighted by Crippen LogP contribution is -2.10. The summed E-state index contributed by atoms with van der Waals surface area (Å²) in [5, 5.41) is 5.87. The van der Waals surface area contributed by atoms with Crippen LogP contribution in [-0.2, 0) is 0 Å². The van der Waals surface area contributed by atoms with Crippen molar-refractivity contribution in [2.45, 2.75) is 6.04 Å². The van der Waals surface area contributed by atoms with E-state index in [9.17, 15) is 0 Å². The van der Waals surface area contributed by atoms with E-state index in [-0.39, 0.29) is 6.04 Å². The molecule has 2 N–H and O–H groups in total. The molecule has 3 rings (SSSR count). The predicted molar refractivity (Wildman–Crippen MR) is 65.8 cm³/mol. The molecule has 3 aromatic heterocycles. The molecule has 1 atom stereocenters. The predicted octanol–water partition coefficient (Wildman–Crippen LogP) is 2.30. The molecule has 0 aromatic carbocycles. The lowest BCUT2D eigenvalue weighted by atomic mass is 10.2. The van der Waals surface area contributed by atoms with Gasteiger partial charge >= 0.3 is 0 Å². The van der Waals surface area contributed by atoms with E-state index in [0.29, 0.717) is 11.7 Å². The number of nitrogens with two attached hydrogens (primary N) is 1. The summed E-state index contributed by atoms with van der Waals surface area (Å²) >= 11 is 3.03. The number of thiophene rings is 1. The van der Waals surface area contributed by atoms with Crippen molar-refractivity contribution >= 4 is 22.7 Å². The van der Waals surface area contributed by atoms with E-state index in [0.717, 1.165) is 9.75 Å². The van der Waals surface area contributed by atoms with Gasteiger partial charge in [0, 0.05) is 11.1 Å². The molecular formula is C10H8N4OS2. The molecule has 0 fully saturated rings. The quantitative estimate of drug-likeness (QED) is 0.785. The highest BCUT2D eigenvalue weighted by Crippen LogP contribution is 2.25. The van der Waals surface area contributed by atoms with E-state index >= 15 is 0 Å². The number of thiazole rings is 1. The smallest absolute Gasteiger partial charge is 0.249 e. The summed E-state index contributed by atoms with van der Waals surface area (Å²) in [5.41, 5.74) is 7.76. The molecule has 5 nitrogen and oxygen atoms in total. The molecule has 0 saturated heterocycles. The highest BCUT2D eigenvalue weighted by atomic mass is 32.1. The van der Waals surface area contributed by atoms with Gasteiger partial charge in [0.15, 0.2) is 0 Å². The molecule has 86 valence electrons. The first-order chi connectivity index (χ1) is 8.34. The summed E-state index contributed by atoms with van der Waals surface area (Å²) in [6.45, 7) is 0. The van der Waals surface area contributed by atoms with Crippen molar-refractivity contribution in [3.8, 4) is 10.7 Å². The Kier molecular flexibility index (Phi) is 2.71. The monoisotopic (exact) mass is 264 g/mol. The Balaban J connectivity index is 1.90. The second kappa shape index (κ2) is 4.36. The van der Waals surface area contributed by atoms with E-state index < -0.39 is 0 Å². The first-order valence-electron chi connectivity index (χ1n) is 4.86. The van der Waals surface area contributed by atoms with Gasteiger partial charge in [0.2, 0.25) is 11.7 Å². The van der Waals surface area contributed by atoms with Crippen molar-refractivity contribution < 1.29 is 4.52 Å². The molecule has 0 radical (unpaired) electrons. The Morgan fingerprint density at radius 1 is 1.35 bits per heavy atom. The maximum absolute atomic E-state index is 6.03. The highest BCUT2D eigenvalue weighted by Gasteiger charge is 2.18. The number of nitrogens with zero attached hydrogens (tertiary/aromatic N) is 3. The number of hydrogen-bond acceptors (Lipinski definition) is 7. The first kappa shape index (κ1) is 10.6. The van der Waals surface area contributed by atoms with Crippen LogP contribution in [0.1, 0.15) is 16.8 Å². The SMILES string of the molecule is NC(c1nc(-c2cncs2)no1)c1cccs1. The van der Waals surface area contributed by atoms with Crippen molar-refractivity contribution in [1.82, 2.24) is 15.1 Å². The summed E-state index contributed by atoms with van der Waals surface area (Å²) in [6.07, 6.45) is 1.70. The standard InChI is InChI=1S/C10H8N4OS2/c11-8(6-2-1-3-16-6)10-13-9(14-15-10)7-4-12-5-17-7/h1-5,8H,11H2. The van der Waals surface area contributed by atoms with Crippen LogP contribution in [0.15, 0.2) is 33.7 Å². The average Bonchev–Trinajstić information content (AvgIpc) is 3.09. The van der Waals surface area contributed by atoms with E-state index in [2.05, 4.69) is 15.1 Å². The van der Waals surface area contributed by atoms with Crippen LogP contribution >= 0.6 is 22.7 Å². The maximum Gasteiger partial charge on any atom is 0.249 e. The first-order valence-corrected chi connectivity index (χ1v) is 6.62. The number of hydrogen-bond donors (Lipinski definition) is 1. The normalized spacial score (nSPS) is 12.8. The fourth-order valence-corrected chi connectivity index (χ4v) is 2.64. The van der Waals surface area contributed by atoms with Crippen molar-refractivity contribution in [3.05, 3.63) is 40.0 Å². The third kappa shape index (κ3) is 1.99. The van der Waals surface area contributed by atoms with Crippen LogP contribution in [-0.4, -0.2) is 15.1 Å². The summed E-state index contributed by atoms with van der Waals surface area (Å²) in [7, 11) is 0. The van der Waals surface area contributed by atoms with Gasteiger partial charge in [-0.05, 0) is 11.4 Å². The minimum Gasteiger partial charge on any atom is -0.337 e. The van der Waals surface area contributed by atoms with Crippen LogP contribution in [0.4, 0.5) is 0 Å². The van der Waals surface area contributed by atoms with Gasteiger partial charge in [-0.1, -0.05) is 11.2 Å². The largest absolute Gasteiger partial charge is 0.337 e. The Bertz CT molecular complexity index is 588. The van der Waals surface area contributed by atoms with Gasteiger partial charge in [-0.25, -0.2) is 0 Å². The van der Waals surface area contributed by atoms with Crippen molar-refractivity contribution in [2.24, 2.45) is 5.73 Å². The van der Waals surface area contributed by atoms with Gasteiger partial charge in [-0.2, -0.15) is 4.98 Å². The Morgan fingerprint density at radius 3 is 3.00 bits per heavy atom. The van der Waals surface area contributed by atoms with Crippen molar-refractivity contribution in [1.29, 1.82) is 0 Å². The van der Waals surface area contributed by atoms with Crippen LogP contribution in [0.2, 0.25) is 0 Å². The molecule has 0 aliphatic carbocycles. The fraction of sp³-hybridized carbons (Fsp3) is 0.100. The number of aromatic nitrogens is 3. The second-order valence-corrected chi connectivity index (χ2v) is 5.18. The molecule has 0 spiro atoms. The molecule has 0 bridgehead atoms. The van der Waals surface area contributed by atoms with Crippen molar-refractivity contribution in [3.63, 3.8) is 0 Å². The van der Waals surface area contributed by atoms with Gasteiger partial charge in [0.05, 0.1) is 10.4 Å². The minimum absolute atomic E-state index is 0.357. The molecule has 7 heteroatoms. The summed E-state index contributed by atoms with van der Waals surface area (Å²) in [6, 6.07) is 3.54. The number of rotatable bonds is 3. The van der Waals surface area contributed by atoms with Gasteiger partial charge in [-0.15, -0.1) is 22.7 Å². The molecular weight excluding hydrogens is 256 g/mol. The van der Waals surface area contributed by atoms with Crippen LogP contribution in [0, 0.1) is 0 Å². The van der Waals surface area contributed by atoms with Gasteiger partial charge < -0.3 is 10.3 Å². The van der Waals surface area contributed by atoms with Crippen LogP contribution in [0.3, 0.4) is 0 Å². The van der Waals surface area contributed by atoms with Gasteiger partial charge in [-0.3, -0.25) is 4.98 Å². The molecule has 3 aromatic rings. The topological polar surface area (TPSA) is 77.8 Å². The van der Waals surface area contributed by atoms with Crippen LogP contribution < -0.4 is 5.73 Å². The zero-order valence-electron chi connectivity index (χ0n) is 8.61. The zero-order valence-corrected chi connectivity index (χ0v) is 10.2. The molecule has 0 saturated carbocycles. The summed E-state index contributed by atoms with van der Waals surface area (Å²) in [4.78, 5) is 10.1. The Labute approximate surface area is 105 Å². The summed E-state index contributed by atoms with van der Waals surface area (Å²) in [5.74, 6) is 0.963. The van der Waals surface area contributed by atoms with Gasteiger partial charge in [0.25, 0.3) is 0 Å².